The van der Waals surface area contributed by atoms with E-state index in [0.29, 0.717) is 5.56 Å². The first-order valence-electron chi connectivity index (χ1n) is 8.53. The largest absolute Gasteiger partial charge is 0.423 e. The van der Waals surface area contributed by atoms with Gasteiger partial charge in [-0.1, -0.05) is 24.6 Å². The molecular weight excluding hydrogens is 322 g/mol. The molecule has 0 unspecified atom stereocenters. The summed E-state index contributed by atoms with van der Waals surface area (Å²) in [5.41, 5.74) is 0.985. The minimum absolute atomic E-state index is 0.134. The number of aryl methyl sites for hydroxylation is 1. The lowest BCUT2D eigenvalue weighted by atomic mass is 9.79. The smallest absolute Gasteiger partial charge is 0.349 e. The van der Waals surface area contributed by atoms with E-state index in [1.807, 2.05) is 6.92 Å². The SMILES string of the molecule is C[C]1CCC(c2cc(F)c(C(=O)Oc3ccc(C)cc3)c(F)c2)CC1. The Morgan fingerprint density at radius 1 is 1.00 bits per heavy atom. The quantitative estimate of drug-likeness (QED) is 0.524. The van der Waals surface area contributed by atoms with Gasteiger partial charge in [0.15, 0.2) is 0 Å². The molecule has 4 heteroatoms. The molecule has 0 N–H and O–H groups in total. The molecule has 0 saturated heterocycles. The molecule has 1 aliphatic rings. The lowest BCUT2D eigenvalue weighted by Crippen LogP contribution is -2.15. The zero-order valence-corrected chi connectivity index (χ0v) is 14.4. The van der Waals surface area contributed by atoms with E-state index < -0.39 is 23.2 Å². The predicted octanol–water partition coefficient (Wildman–Crippen LogP) is 5.74. The number of hydrogen-bond donors (Lipinski definition) is 0. The number of halogens is 2. The van der Waals surface area contributed by atoms with Gasteiger partial charge >= 0.3 is 5.97 Å². The lowest BCUT2D eigenvalue weighted by molar-refractivity contribution is 0.0724. The van der Waals surface area contributed by atoms with Crippen molar-refractivity contribution in [2.24, 2.45) is 0 Å². The Bertz CT molecular complexity index is 737. The maximum atomic E-state index is 14.4. The number of ether oxygens (including phenoxy) is 1. The van der Waals surface area contributed by atoms with Gasteiger partial charge in [0.05, 0.1) is 0 Å². The van der Waals surface area contributed by atoms with E-state index in [-0.39, 0.29) is 11.7 Å². The van der Waals surface area contributed by atoms with Crippen LogP contribution in [0, 0.1) is 24.5 Å². The maximum absolute atomic E-state index is 14.4. The Hall–Kier alpha value is -2.23. The van der Waals surface area contributed by atoms with Gasteiger partial charge in [-0.3, -0.25) is 0 Å². The van der Waals surface area contributed by atoms with Gasteiger partial charge in [-0.05, 0) is 74.3 Å². The molecule has 0 aromatic heterocycles. The second kappa shape index (κ2) is 7.34. The van der Waals surface area contributed by atoms with Crippen molar-refractivity contribution in [3.05, 3.63) is 70.6 Å². The number of esters is 1. The van der Waals surface area contributed by atoms with Crippen LogP contribution in [-0.2, 0) is 0 Å². The Balaban J connectivity index is 1.80. The zero-order valence-electron chi connectivity index (χ0n) is 14.4. The average Bonchev–Trinajstić information content (AvgIpc) is 2.57. The molecule has 0 aliphatic heterocycles. The van der Waals surface area contributed by atoms with Gasteiger partial charge < -0.3 is 4.74 Å². The van der Waals surface area contributed by atoms with Gasteiger partial charge in [-0.25, -0.2) is 13.6 Å². The Morgan fingerprint density at radius 2 is 1.56 bits per heavy atom. The second-order valence-corrected chi connectivity index (χ2v) is 6.79. The first kappa shape index (κ1) is 17.6. The monoisotopic (exact) mass is 343 g/mol. The summed E-state index contributed by atoms with van der Waals surface area (Å²) in [6, 6.07) is 9.28. The fraction of sp³-hybridized carbons (Fsp3) is 0.333. The standard InChI is InChI=1S/C21H21F2O2/c1-13-3-7-15(8-4-13)16-11-18(22)20(19(23)12-16)21(24)25-17-9-5-14(2)6-10-17/h5-6,9-12,15H,3-4,7-8H2,1-2H3. The summed E-state index contributed by atoms with van der Waals surface area (Å²) in [7, 11) is 0. The highest BCUT2D eigenvalue weighted by Gasteiger charge is 2.25. The zero-order chi connectivity index (χ0) is 18.0. The Labute approximate surface area is 146 Å². The van der Waals surface area contributed by atoms with Crippen LogP contribution in [0.1, 0.15) is 60.0 Å². The normalized spacial score (nSPS) is 16.0. The van der Waals surface area contributed by atoms with E-state index in [4.69, 9.17) is 4.74 Å². The third kappa shape index (κ3) is 4.06. The van der Waals surface area contributed by atoms with Crippen molar-refractivity contribution in [3.8, 4) is 5.75 Å². The van der Waals surface area contributed by atoms with Crippen molar-refractivity contribution in [1.29, 1.82) is 0 Å². The summed E-state index contributed by atoms with van der Waals surface area (Å²) >= 11 is 0. The molecule has 2 aromatic rings. The van der Waals surface area contributed by atoms with Crippen LogP contribution >= 0.6 is 0 Å². The fourth-order valence-electron chi connectivity index (χ4n) is 3.23. The second-order valence-electron chi connectivity index (χ2n) is 6.79. The van der Waals surface area contributed by atoms with Crippen molar-refractivity contribution < 1.29 is 18.3 Å². The highest BCUT2D eigenvalue weighted by atomic mass is 19.1. The van der Waals surface area contributed by atoms with Crippen LogP contribution in [0.4, 0.5) is 8.78 Å². The number of benzene rings is 2. The number of rotatable bonds is 3. The van der Waals surface area contributed by atoms with Crippen molar-refractivity contribution >= 4 is 5.97 Å². The number of carbonyl (C=O) groups is 1. The van der Waals surface area contributed by atoms with Crippen LogP contribution in [0.2, 0.25) is 0 Å². The van der Waals surface area contributed by atoms with E-state index in [2.05, 4.69) is 6.92 Å². The van der Waals surface area contributed by atoms with Crippen LogP contribution in [-0.4, -0.2) is 5.97 Å². The summed E-state index contributed by atoms with van der Waals surface area (Å²) in [6.45, 7) is 4.01. The summed E-state index contributed by atoms with van der Waals surface area (Å²) < 4.78 is 33.9. The summed E-state index contributed by atoms with van der Waals surface area (Å²) in [6.07, 6.45) is 3.73. The predicted molar refractivity (Wildman–Crippen MR) is 92.6 cm³/mol. The third-order valence-electron chi connectivity index (χ3n) is 4.81. The van der Waals surface area contributed by atoms with Gasteiger partial charge in [0.1, 0.15) is 22.9 Å². The van der Waals surface area contributed by atoms with E-state index in [0.717, 1.165) is 31.2 Å². The van der Waals surface area contributed by atoms with Crippen LogP contribution in [0.15, 0.2) is 36.4 Å². The van der Waals surface area contributed by atoms with Crippen molar-refractivity contribution in [1.82, 2.24) is 0 Å². The molecule has 131 valence electrons. The highest BCUT2D eigenvalue weighted by Crippen LogP contribution is 2.37. The van der Waals surface area contributed by atoms with Crippen LogP contribution < -0.4 is 4.74 Å². The minimum Gasteiger partial charge on any atom is -0.423 e. The molecule has 1 radical (unpaired) electrons. The highest BCUT2D eigenvalue weighted by molar-refractivity contribution is 5.91. The lowest BCUT2D eigenvalue weighted by Gasteiger charge is -2.26. The van der Waals surface area contributed by atoms with Crippen LogP contribution in [0.5, 0.6) is 5.75 Å². The van der Waals surface area contributed by atoms with Gasteiger partial charge in [-0.15, -0.1) is 0 Å². The summed E-state index contributed by atoms with van der Waals surface area (Å²) in [4.78, 5) is 12.2. The van der Waals surface area contributed by atoms with E-state index in [1.54, 1.807) is 24.3 Å². The molecule has 0 atom stereocenters. The van der Waals surface area contributed by atoms with Gasteiger partial charge in [0, 0.05) is 0 Å². The molecule has 25 heavy (non-hydrogen) atoms. The third-order valence-corrected chi connectivity index (χ3v) is 4.81. The number of hydrogen-bond acceptors (Lipinski definition) is 2. The molecule has 0 spiro atoms. The Morgan fingerprint density at radius 3 is 2.12 bits per heavy atom. The molecule has 2 nitrogen and oxygen atoms in total. The molecule has 1 saturated carbocycles. The fourth-order valence-corrected chi connectivity index (χ4v) is 3.23. The maximum Gasteiger partial charge on any atom is 0.349 e. The van der Waals surface area contributed by atoms with Crippen molar-refractivity contribution in [3.63, 3.8) is 0 Å². The first-order chi connectivity index (χ1) is 11.9. The van der Waals surface area contributed by atoms with Gasteiger partial charge in [0.2, 0.25) is 0 Å². The van der Waals surface area contributed by atoms with E-state index in [9.17, 15) is 13.6 Å². The number of carbonyl (C=O) groups excluding carboxylic acids is 1. The molecule has 0 heterocycles. The van der Waals surface area contributed by atoms with Gasteiger partial charge in [0.25, 0.3) is 0 Å². The topological polar surface area (TPSA) is 26.3 Å². The van der Waals surface area contributed by atoms with Crippen LogP contribution in [0.25, 0.3) is 0 Å². The van der Waals surface area contributed by atoms with E-state index >= 15 is 0 Å². The first-order valence-corrected chi connectivity index (χ1v) is 8.53. The minimum atomic E-state index is -1.02. The van der Waals surface area contributed by atoms with E-state index in [1.165, 1.54) is 18.1 Å². The average molecular weight is 343 g/mol. The summed E-state index contributed by atoms with van der Waals surface area (Å²) in [5, 5.41) is 0. The Kier molecular flexibility index (Phi) is 5.16. The molecule has 2 aromatic carbocycles. The molecule has 0 amide bonds. The molecule has 1 aliphatic carbocycles. The molecule has 0 bridgehead atoms. The molecular formula is C21H21F2O2. The van der Waals surface area contributed by atoms with Crippen molar-refractivity contribution in [2.45, 2.75) is 45.4 Å². The van der Waals surface area contributed by atoms with Crippen molar-refractivity contribution in [2.75, 3.05) is 0 Å². The van der Waals surface area contributed by atoms with Gasteiger partial charge in [-0.2, -0.15) is 0 Å². The molecule has 3 rings (SSSR count). The van der Waals surface area contributed by atoms with Crippen LogP contribution in [0.3, 0.4) is 0 Å². The molecule has 1 fully saturated rings. The summed E-state index contributed by atoms with van der Waals surface area (Å²) in [5.74, 6) is -0.919.